The van der Waals surface area contributed by atoms with Crippen molar-refractivity contribution < 1.29 is 46.7 Å². The normalized spacial score (nSPS) is 15.0. The van der Waals surface area contributed by atoms with Crippen molar-refractivity contribution in [3.05, 3.63) is 107 Å². The predicted molar refractivity (Wildman–Crippen MR) is 223 cm³/mol. The third-order valence-corrected chi connectivity index (χ3v) is 11.1. The minimum Gasteiger partial charge on any atom is -0.492 e. The zero-order chi connectivity index (χ0) is 42.3. The highest BCUT2D eigenvalue weighted by molar-refractivity contribution is 7.85. The number of anilines is 1. The molecule has 3 N–H and O–H groups in total. The van der Waals surface area contributed by atoms with E-state index in [1.54, 1.807) is 20.3 Å². The number of allylic oxidation sites excluding steroid dienone is 5. The molecule has 0 fully saturated rings. The molecule has 2 aliphatic heterocycles. The minimum absolute atomic E-state index is 0.0811. The molecule has 1 aromatic heterocycles. The van der Waals surface area contributed by atoms with E-state index in [-0.39, 0.29) is 28.5 Å². The Bertz CT molecular complexity index is 2300. The van der Waals surface area contributed by atoms with Crippen LogP contribution < -0.4 is 19.7 Å². The van der Waals surface area contributed by atoms with E-state index in [2.05, 4.69) is 54.5 Å². The second-order valence-corrected chi connectivity index (χ2v) is 17.2. The Hall–Kier alpha value is -5.15. The van der Waals surface area contributed by atoms with E-state index < -0.39 is 21.5 Å². The summed E-state index contributed by atoms with van der Waals surface area (Å²) in [7, 11) is -1.03. The van der Waals surface area contributed by atoms with Crippen molar-refractivity contribution in [2.24, 2.45) is 0 Å². The Morgan fingerprint density at radius 2 is 1.59 bits per heavy atom. The molecular weight excluding hydrogens is 763 g/mol. The minimum atomic E-state index is -4.42. The summed E-state index contributed by atoms with van der Waals surface area (Å²) in [5.41, 5.74) is 3.98. The van der Waals surface area contributed by atoms with Crippen LogP contribution in [0, 0.1) is 0 Å². The lowest BCUT2D eigenvalue weighted by Gasteiger charge is -2.27. The molecule has 0 spiro atoms. The number of aromatic nitrogens is 1. The monoisotopic (exact) mass is 818 g/mol. The first-order chi connectivity index (χ1) is 27.4. The molecule has 13 nitrogen and oxygen atoms in total. The standard InChI is InChI=1S/C44H55N3O10S/c1-43(2,3)35-29-32(56-38-28-31(17-19-34(35)38)45(24-26-54-6)25-27-55-7)14-10-8-11-15-39-44(4,5)36-30-33(58(51,52)53)18-20-37(36)46(39)23-13-9-12-16-42(50)57-47-40(48)21-22-41(47)49/h8,10-11,14-15,17-22,28-30H,9,12-13,16,23-27H2,1-7H3,(H2-,48,49,51,52,53)/p+1. The fourth-order valence-corrected chi connectivity index (χ4v) is 7.65. The number of rotatable bonds is 17. The van der Waals surface area contributed by atoms with Crippen LogP contribution in [-0.2, 0) is 35.2 Å². The Labute approximate surface area is 340 Å². The quantitative estimate of drug-likeness (QED) is 0.0451. The Kier molecular flexibility index (Phi) is 14.1. The van der Waals surface area contributed by atoms with E-state index in [0.717, 1.165) is 39.2 Å². The van der Waals surface area contributed by atoms with Gasteiger partial charge in [0.2, 0.25) is 17.1 Å². The highest BCUT2D eigenvalue weighted by Gasteiger charge is 2.40. The summed E-state index contributed by atoms with van der Waals surface area (Å²) < 4.78 is 54.1. The maximum Gasteiger partial charge on any atom is 0.333 e. The largest absolute Gasteiger partial charge is 0.492 e. The molecule has 1 aliphatic carbocycles. The fourth-order valence-electron chi connectivity index (χ4n) is 7.14. The Balaban J connectivity index is 1.38. The first-order valence-electron chi connectivity index (χ1n) is 19.4. The van der Waals surface area contributed by atoms with Gasteiger partial charge in [0.05, 0.1) is 11.0 Å². The van der Waals surface area contributed by atoms with Crippen LogP contribution in [0.3, 0.4) is 0 Å². The number of fused-ring (bicyclic) bond motifs is 2. The average molecular weight is 819 g/mol. The number of carbonyl (C=O) groups excluding carboxylic acids is 1. The molecule has 0 amide bonds. The number of benzene rings is 2. The van der Waals surface area contributed by atoms with Crippen LogP contribution in [0.4, 0.5) is 5.69 Å². The highest BCUT2D eigenvalue weighted by Crippen LogP contribution is 2.48. The second kappa shape index (κ2) is 18.6. The summed E-state index contributed by atoms with van der Waals surface area (Å²) in [5.74, 6) is 0.122. The molecule has 3 aliphatic rings. The first kappa shape index (κ1) is 44.0. The van der Waals surface area contributed by atoms with Crippen molar-refractivity contribution in [1.82, 2.24) is 9.31 Å². The zero-order valence-electron chi connectivity index (χ0n) is 34.4. The molecule has 2 aromatic rings. The molecule has 1 aromatic carbocycles. The number of unbranched alkanes of at least 4 members (excludes halogenated alkanes) is 2. The van der Waals surface area contributed by atoms with Crippen LogP contribution in [0.1, 0.15) is 77.2 Å². The lowest BCUT2D eigenvalue weighted by atomic mass is 9.83. The van der Waals surface area contributed by atoms with Crippen molar-refractivity contribution in [2.45, 2.75) is 76.0 Å². The predicted octanol–water partition coefficient (Wildman–Crippen LogP) is 6.67. The van der Waals surface area contributed by atoms with Crippen LogP contribution in [0.15, 0.2) is 93.9 Å². The van der Waals surface area contributed by atoms with Crippen LogP contribution >= 0.6 is 0 Å². The Morgan fingerprint density at radius 1 is 0.897 bits per heavy atom. The molecule has 0 saturated carbocycles. The third-order valence-electron chi connectivity index (χ3n) is 10.2. The summed E-state index contributed by atoms with van der Waals surface area (Å²) in [6, 6.07) is 15.5. The maximum atomic E-state index is 12.3. The van der Waals surface area contributed by atoms with Gasteiger partial charge in [-0.15, -0.1) is 4.73 Å². The van der Waals surface area contributed by atoms with Gasteiger partial charge in [0.15, 0.2) is 13.1 Å². The smallest absolute Gasteiger partial charge is 0.333 e. The fraction of sp³-hybridized carbons (Fsp3) is 0.409. The van der Waals surface area contributed by atoms with Crippen molar-refractivity contribution in [3.63, 3.8) is 0 Å². The van der Waals surface area contributed by atoms with Gasteiger partial charge in [-0.25, -0.2) is 9.37 Å². The van der Waals surface area contributed by atoms with E-state index >= 15 is 0 Å². The number of carbonyl (C=O) groups is 1. The van der Waals surface area contributed by atoms with Gasteiger partial charge in [0, 0.05) is 67.7 Å². The van der Waals surface area contributed by atoms with Crippen LogP contribution in [-0.4, -0.2) is 81.0 Å². The lowest BCUT2D eigenvalue weighted by molar-refractivity contribution is -0.145. The van der Waals surface area contributed by atoms with Crippen molar-refractivity contribution >= 4 is 27.9 Å². The van der Waals surface area contributed by atoms with Gasteiger partial charge in [0.25, 0.3) is 10.1 Å². The van der Waals surface area contributed by atoms with Gasteiger partial charge < -0.3 is 33.8 Å². The van der Waals surface area contributed by atoms with Gasteiger partial charge in [-0.1, -0.05) is 59.3 Å². The van der Waals surface area contributed by atoms with Crippen LogP contribution in [0.25, 0.3) is 17.4 Å². The maximum absolute atomic E-state index is 12.3. The van der Waals surface area contributed by atoms with E-state index in [9.17, 15) is 28.0 Å². The van der Waals surface area contributed by atoms with Crippen LogP contribution in [0.5, 0.6) is 11.8 Å². The lowest BCUT2D eigenvalue weighted by Crippen LogP contribution is -2.35. The van der Waals surface area contributed by atoms with E-state index in [1.807, 2.05) is 44.2 Å². The van der Waals surface area contributed by atoms with Crippen molar-refractivity contribution in [1.29, 1.82) is 0 Å². The number of aromatic hydroxyl groups is 2. The Morgan fingerprint density at radius 3 is 2.22 bits per heavy atom. The summed E-state index contributed by atoms with van der Waals surface area (Å²) in [4.78, 5) is 19.4. The van der Waals surface area contributed by atoms with Gasteiger partial charge in [0.1, 0.15) is 24.7 Å². The molecular formula is C44H56N3O10S+. The van der Waals surface area contributed by atoms with E-state index in [1.165, 1.54) is 24.3 Å². The third kappa shape index (κ3) is 10.5. The number of ether oxygens (including phenoxy) is 2. The molecule has 14 heteroatoms. The second-order valence-electron chi connectivity index (χ2n) is 15.8. The number of hydrogen-bond acceptors (Lipinski definition) is 10. The zero-order valence-corrected chi connectivity index (χ0v) is 35.2. The van der Waals surface area contributed by atoms with E-state index in [0.29, 0.717) is 62.6 Å². The number of nitrogens with zero attached hydrogens (tertiary/aromatic N) is 3. The highest BCUT2D eigenvalue weighted by atomic mass is 32.2. The molecule has 0 unspecified atom stereocenters. The molecule has 5 rings (SSSR count). The molecule has 312 valence electrons. The number of methoxy groups -OCH3 is 2. The molecule has 3 heterocycles. The first-order valence-corrected chi connectivity index (χ1v) is 20.8. The van der Waals surface area contributed by atoms with Gasteiger partial charge in [-0.05, 0) is 71.9 Å². The molecule has 0 radical (unpaired) electrons. The summed E-state index contributed by atoms with van der Waals surface area (Å²) in [6.45, 7) is 13.7. The summed E-state index contributed by atoms with van der Waals surface area (Å²) >= 11 is 0. The average Bonchev–Trinajstić information content (AvgIpc) is 3.59. The summed E-state index contributed by atoms with van der Waals surface area (Å²) in [5, 5.41) is 20.5. The van der Waals surface area contributed by atoms with E-state index in [4.69, 9.17) is 18.7 Å². The molecule has 0 bridgehead atoms. The number of hydrogen-bond donors (Lipinski definition) is 3. The topological polar surface area (TPSA) is 164 Å². The van der Waals surface area contributed by atoms with Gasteiger partial charge in [-0.2, -0.15) is 8.42 Å². The van der Waals surface area contributed by atoms with Crippen LogP contribution in [0.2, 0.25) is 0 Å². The SMILES string of the molecule is COCC[N+](CCOC)=c1ccc2c(C(C)(C)C)cc(C=CC=CC=C3N(CCCCCC(=O)On4c(O)ccc4O)c4ccc(S(=O)(=O)O)cc4C3(C)C)oc-2c1. The van der Waals surface area contributed by atoms with Crippen molar-refractivity contribution in [2.75, 3.05) is 52.0 Å². The molecule has 0 atom stereocenters. The van der Waals surface area contributed by atoms with Crippen molar-refractivity contribution in [3.8, 4) is 23.1 Å². The van der Waals surface area contributed by atoms with Gasteiger partial charge >= 0.3 is 5.97 Å². The molecule has 0 saturated heterocycles. The van der Waals surface area contributed by atoms with Gasteiger partial charge in [-0.3, -0.25) is 4.55 Å². The molecule has 58 heavy (non-hydrogen) atoms. The summed E-state index contributed by atoms with van der Waals surface area (Å²) in [6.07, 6.45) is 11.7.